The first-order valence-electron chi connectivity index (χ1n) is 9.57. The maximum Gasteiger partial charge on any atom is 0.329 e. The summed E-state index contributed by atoms with van der Waals surface area (Å²) in [5.41, 5.74) is 0.685. The van der Waals surface area contributed by atoms with Gasteiger partial charge in [0, 0.05) is 25.0 Å². The van der Waals surface area contributed by atoms with Crippen LogP contribution in [0.1, 0.15) is 5.56 Å². The molecule has 4 amide bonds. The number of rotatable bonds is 4. The van der Waals surface area contributed by atoms with Crippen LogP contribution < -0.4 is 15.5 Å². The molecule has 2 heterocycles. The van der Waals surface area contributed by atoms with Gasteiger partial charge in [-0.2, -0.15) is 4.39 Å². The monoisotopic (exact) mass is 439 g/mol. The lowest BCUT2D eigenvalue weighted by molar-refractivity contribution is -0.387. The molecule has 0 aromatic heterocycles. The van der Waals surface area contributed by atoms with Gasteiger partial charge in [-0.1, -0.05) is 17.7 Å². The molecule has 164 valence electrons. The van der Waals surface area contributed by atoms with Crippen LogP contribution in [0, 0.1) is 22.9 Å². The summed E-state index contributed by atoms with van der Waals surface area (Å²) in [5, 5.41) is 16.1. The zero-order valence-electron chi connectivity index (χ0n) is 17.0. The highest BCUT2D eigenvalue weighted by Gasteiger charge is 2.49. The number of carbonyl (C=O) groups excluding carboxylic acids is 3. The number of hydrogen-bond donors (Lipinski definition) is 2. The Balaban J connectivity index is 1.57. The van der Waals surface area contributed by atoms with Gasteiger partial charge in [0.05, 0.1) is 22.2 Å². The summed E-state index contributed by atoms with van der Waals surface area (Å²) in [5.74, 6) is -2.21. The Morgan fingerprint density at radius 1 is 1.19 bits per heavy atom. The van der Waals surface area contributed by atoms with Crippen molar-refractivity contribution in [2.75, 3.05) is 17.3 Å². The fraction of sp³-hybridized carbons (Fsp3) is 0.190. The van der Waals surface area contributed by atoms with Gasteiger partial charge >= 0.3 is 11.7 Å². The highest BCUT2D eigenvalue weighted by Crippen LogP contribution is 2.30. The summed E-state index contributed by atoms with van der Waals surface area (Å²) in [6, 6.07) is 7.38. The van der Waals surface area contributed by atoms with E-state index in [9.17, 15) is 28.9 Å². The van der Waals surface area contributed by atoms with E-state index in [2.05, 4.69) is 10.6 Å². The number of halogens is 1. The number of nitrogens with one attached hydrogen (secondary N) is 2. The van der Waals surface area contributed by atoms with Crippen LogP contribution in [0.15, 0.2) is 54.2 Å². The highest BCUT2D eigenvalue weighted by atomic mass is 19.1. The van der Waals surface area contributed by atoms with Gasteiger partial charge in [0.2, 0.25) is 5.82 Å². The first-order valence-corrected chi connectivity index (χ1v) is 9.57. The number of nitro groups is 1. The van der Waals surface area contributed by atoms with Crippen LogP contribution >= 0.6 is 0 Å². The molecule has 10 nitrogen and oxygen atoms in total. The first-order chi connectivity index (χ1) is 15.2. The Kier molecular flexibility index (Phi) is 5.09. The molecule has 0 spiro atoms. The average Bonchev–Trinajstić information content (AvgIpc) is 3.07. The molecule has 32 heavy (non-hydrogen) atoms. The molecule has 0 radical (unpaired) electrons. The van der Waals surface area contributed by atoms with Crippen LogP contribution in [0.4, 0.5) is 26.2 Å². The van der Waals surface area contributed by atoms with Gasteiger partial charge in [0.1, 0.15) is 6.04 Å². The van der Waals surface area contributed by atoms with Gasteiger partial charge in [-0.15, -0.1) is 0 Å². The number of benzene rings is 2. The van der Waals surface area contributed by atoms with Crippen LogP contribution in [0.5, 0.6) is 0 Å². The summed E-state index contributed by atoms with van der Waals surface area (Å²) in [4.78, 5) is 51.3. The van der Waals surface area contributed by atoms with E-state index in [0.717, 1.165) is 22.6 Å². The molecule has 2 aromatic carbocycles. The average molecular weight is 439 g/mol. The second-order valence-electron chi connectivity index (χ2n) is 7.51. The Hall–Kier alpha value is -4.28. The zero-order chi connectivity index (χ0) is 23.2. The number of amides is 4. The normalized spacial score (nSPS) is 19.9. The Bertz CT molecular complexity index is 1180. The fourth-order valence-electron chi connectivity index (χ4n) is 3.76. The van der Waals surface area contributed by atoms with E-state index in [1.807, 2.05) is 6.92 Å². The molecular formula is C21H18FN5O5. The van der Waals surface area contributed by atoms with Gasteiger partial charge in [-0.05, 0) is 31.2 Å². The van der Waals surface area contributed by atoms with Crippen molar-refractivity contribution in [3.05, 3.63) is 75.7 Å². The maximum absolute atomic E-state index is 13.6. The van der Waals surface area contributed by atoms with Gasteiger partial charge in [-0.3, -0.25) is 19.7 Å². The van der Waals surface area contributed by atoms with Gasteiger partial charge < -0.3 is 15.5 Å². The largest absolute Gasteiger partial charge is 0.366 e. The summed E-state index contributed by atoms with van der Waals surface area (Å²) in [7, 11) is 1.60. The summed E-state index contributed by atoms with van der Waals surface area (Å²) < 4.78 is 13.6. The molecule has 11 heteroatoms. The topological polar surface area (TPSA) is 125 Å². The fourth-order valence-corrected chi connectivity index (χ4v) is 3.76. The summed E-state index contributed by atoms with van der Waals surface area (Å²) in [6.07, 6.45) is 1.43. The molecule has 2 aromatic rings. The molecule has 1 saturated heterocycles. The number of aryl methyl sites for hydroxylation is 1. The number of fused-ring (bicyclic) bond motifs is 1. The molecule has 0 bridgehead atoms. The van der Waals surface area contributed by atoms with E-state index in [0.29, 0.717) is 5.69 Å². The van der Waals surface area contributed by atoms with E-state index in [-0.39, 0.29) is 11.3 Å². The second-order valence-corrected chi connectivity index (χ2v) is 7.51. The Morgan fingerprint density at radius 3 is 2.53 bits per heavy atom. The molecule has 4 rings (SSSR count). The van der Waals surface area contributed by atoms with E-state index in [1.165, 1.54) is 17.2 Å². The standard InChI is InChI=1S/C21H18FN5O5/c1-11-3-6-13(7-4-11)26-20(29)18-17(24-21(26)30)14(10-25(18)2)19(28)23-12-5-8-15(22)16(9-12)27(31)32/h3-10,17-18H,1-2H3,(H,23,28)(H,24,30). The third-order valence-electron chi connectivity index (χ3n) is 5.34. The summed E-state index contributed by atoms with van der Waals surface area (Å²) in [6.45, 7) is 1.88. The van der Waals surface area contributed by atoms with Crippen molar-refractivity contribution in [1.29, 1.82) is 0 Å². The lowest BCUT2D eigenvalue weighted by Crippen LogP contribution is -2.65. The van der Waals surface area contributed by atoms with Crippen molar-refractivity contribution in [2.45, 2.75) is 19.0 Å². The van der Waals surface area contributed by atoms with Gasteiger partial charge in [-0.25, -0.2) is 9.69 Å². The minimum atomic E-state index is -1.03. The van der Waals surface area contributed by atoms with E-state index in [4.69, 9.17) is 0 Å². The number of anilines is 2. The molecule has 2 atom stereocenters. The lowest BCUT2D eigenvalue weighted by atomic mass is 9.99. The SMILES string of the molecule is Cc1ccc(N2C(=O)NC3C(C(=O)Nc4ccc(F)c([N+](=O)[O-])c4)=CN(C)C3C2=O)cc1. The van der Waals surface area contributed by atoms with Crippen LogP contribution in [0.25, 0.3) is 0 Å². The molecule has 0 saturated carbocycles. The molecule has 1 fully saturated rings. The number of nitrogens with zero attached hydrogens (tertiary/aromatic N) is 3. The van der Waals surface area contributed by atoms with Gasteiger partial charge in [0.15, 0.2) is 0 Å². The third-order valence-corrected chi connectivity index (χ3v) is 5.34. The molecule has 2 aliphatic heterocycles. The number of urea groups is 1. The minimum Gasteiger partial charge on any atom is -0.366 e. The molecule has 2 aliphatic rings. The Morgan fingerprint density at radius 2 is 1.88 bits per heavy atom. The van der Waals surface area contributed by atoms with Crippen LogP contribution in [0.3, 0.4) is 0 Å². The lowest BCUT2D eigenvalue weighted by Gasteiger charge is -2.37. The Labute approximate surface area is 181 Å². The van der Waals surface area contributed by atoms with Crippen LogP contribution in [0.2, 0.25) is 0 Å². The van der Waals surface area contributed by atoms with Crippen LogP contribution in [-0.2, 0) is 9.59 Å². The zero-order valence-corrected chi connectivity index (χ0v) is 17.0. The molecule has 0 aliphatic carbocycles. The minimum absolute atomic E-state index is 0.00449. The molecular weight excluding hydrogens is 421 g/mol. The van der Waals surface area contributed by atoms with Crippen molar-refractivity contribution < 1.29 is 23.7 Å². The van der Waals surface area contributed by atoms with Gasteiger partial charge in [0.25, 0.3) is 11.8 Å². The maximum atomic E-state index is 13.6. The second kappa shape index (κ2) is 7.76. The molecule has 2 unspecified atom stereocenters. The quantitative estimate of drug-likeness (QED) is 0.556. The number of imide groups is 1. The van der Waals surface area contributed by atoms with E-state index < -0.39 is 46.4 Å². The van der Waals surface area contributed by atoms with Crippen molar-refractivity contribution >= 4 is 34.9 Å². The number of hydrogen-bond acceptors (Lipinski definition) is 6. The van der Waals surface area contributed by atoms with Crippen molar-refractivity contribution in [3.63, 3.8) is 0 Å². The van der Waals surface area contributed by atoms with Crippen LogP contribution in [-0.4, -0.2) is 46.8 Å². The predicted octanol–water partition coefficient (Wildman–Crippen LogP) is 2.30. The number of nitro benzene ring substituents is 1. The summed E-state index contributed by atoms with van der Waals surface area (Å²) >= 11 is 0. The highest BCUT2D eigenvalue weighted by molar-refractivity contribution is 6.20. The molecule has 2 N–H and O–H groups in total. The number of carbonyl (C=O) groups is 3. The van der Waals surface area contributed by atoms with Crippen molar-refractivity contribution in [2.24, 2.45) is 0 Å². The van der Waals surface area contributed by atoms with Crippen molar-refractivity contribution in [3.8, 4) is 0 Å². The van der Waals surface area contributed by atoms with E-state index in [1.54, 1.807) is 31.3 Å². The number of likely N-dealkylation sites (N-methyl/N-ethyl adjacent to an activating group) is 1. The van der Waals surface area contributed by atoms with E-state index >= 15 is 0 Å². The predicted molar refractivity (Wildman–Crippen MR) is 112 cm³/mol. The van der Waals surface area contributed by atoms with Crippen molar-refractivity contribution in [1.82, 2.24) is 10.2 Å². The third kappa shape index (κ3) is 3.53. The smallest absolute Gasteiger partial charge is 0.329 e. The first kappa shape index (κ1) is 21.0.